The molecular formula is C6H7NO4S. The molecule has 0 aliphatic carbocycles. The van der Waals surface area contributed by atoms with Crippen LogP contribution in [-0.4, -0.2) is 34.1 Å². The molecule has 66 valence electrons. The van der Waals surface area contributed by atoms with Crippen LogP contribution in [0.2, 0.25) is 0 Å². The van der Waals surface area contributed by atoms with Gasteiger partial charge in [0.05, 0.1) is 0 Å². The predicted octanol–water partition coefficient (Wildman–Crippen LogP) is 0.431. The molecule has 1 aliphatic rings. The molecule has 0 bridgehead atoms. The van der Waals surface area contributed by atoms with Crippen LogP contribution in [0, 0.1) is 0 Å². The molecule has 1 rings (SSSR count). The van der Waals surface area contributed by atoms with Crippen LogP contribution in [-0.2, 0) is 9.59 Å². The van der Waals surface area contributed by atoms with Gasteiger partial charge in [-0.2, -0.15) is 0 Å². The van der Waals surface area contributed by atoms with Crippen molar-refractivity contribution in [1.29, 1.82) is 0 Å². The van der Waals surface area contributed by atoms with Crippen molar-refractivity contribution in [3.8, 4) is 0 Å². The van der Waals surface area contributed by atoms with Crippen molar-refractivity contribution in [2.24, 2.45) is 4.99 Å². The minimum absolute atomic E-state index is 1.04. The Hall–Kier alpha value is -1.30. The molecule has 0 aromatic rings. The zero-order valence-corrected chi connectivity index (χ0v) is 6.82. The summed E-state index contributed by atoms with van der Waals surface area (Å²) >= 11 is 1.77. The molecule has 0 unspecified atom stereocenters. The maximum Gasteiger partial charge on any atom is 0.414 e. The Balaban J connectivity index is 0.000000202. The van der Waals surface area contributed by atoms with E-state index in [4.69, 9.17) is 19.8 Å². The summed E-state index contributed by atoms with van der Waals surface area (Å²) in [5.41, 5.74) is 0. The highest BCUT2D eigenvalue weighted by molar-refractivity contribution is 8.02. The quantitative estimate of drug-likeness (QED) is 0.539. The van der Waals surface area contributed by atoms with Crippen molar-refractivity contribution >= 4 is 29.9 Å². The van der Waals surface area contributed by atoms with Crippen LogP contribution < -0.4 is 0 Å². The van der Waals surface area contributed by atoms with Crippen LogP contribution in [0.1, 0.15) is 0 Å². The molecular weight excluding hydrogens is 182 g/mol. The van der Waals surface area contributed by atoms with E-state index < -0.39 is 11.9 Å². The van der Waals surface area contributed by atoms with Gasteiger partial charge in [0.15, 0.2) is 0 Å². The van der Waals surface area contributed by atoms with E-state index in [0.29, 0.717) is 0 Å². The molecule has 12 heavy (non-hydrogen) atoms. The van der Waals surface area contributed by atoms with E-state index >= 15 is 0 Å². The molecule has 0 amide bonds. The number of nitrogens with zero attached hydrogens (tertiary/aromatic N) is 1. The van der Waals surface area contributed by atoms with Crippen molar-refractivity contribution in [3.63, 3.8) is 0 Å². The van der Waals surface area contributed by atoms with Gasteiger partial charge in [-0.05, 0) is 5.41 Å². The van der Waals surface area contributed by atoms with Gasteiger partial charge in [-0.15, -0.1) is 11.8 Å². The van der Waals surface area contributed by atoms with Gasteiger partial charge in [-0.1, -0.05) is 0 Å². The SMILES string of the molecule is C1=CSCC=N1.O=C(O)C(=O)O. The second-order valence-electron chi connectivity index (χ2n) is 1.56. The molecule has 5 nitrogen and oxygen atoms in total. The lowest BCUT2D eigenvalue weighted by molar-refractivity contribution is -0.159. The van der Waals surface area contributed by atoms with E-state index in [2.05, 4.69) is 4.99 Å². The van der Waals surface area contributed by atoms with Crippen molar-refractivity contribution < 1.29 is 19.8 Å². The Labute approximate surface area is 72.8 Å². The molecule has 0 aromatic heterocycles. The molecule has 1 heterocycles. The summed E-state index contributed by atoms with van der Waals surface area (Å²) in [6.07, 6.45) is 3.69. The first-order valence-corrected chi connectivity index (χ1v) is 3.94. The molecule has 6 heteroatoms. The average Bonchev–Trinajstić information content (AvgIpc) is 2.08. The smallest absolute Gasteiger partial charge is 0.414 e. The summed E-state index contributed by atoms with van der Waals surface area (Å²) in [5.74, 6) is -2.61. The number of carbonyl (C=O) groups is 2. The molecule has 0 saturated heterocycles. The van der Waals surface area contributed by atoms with E-state index in [9.17, 15) is 0 Å². The second-order valence-corrected chi connectivity index (χ2v) is 2.50. The van der Waals surface area contributed by atoms with Crippen molar-refractivity contribution in [2.75, 3.05) is 5.75 Å². The van der Waals surface area contributed by atoms with Crippen molar-refractivity contribution in [2.45, 2.75) is 0 Å². The highest BCUT2D eigenvalue weighted by atomic mass is 32.2. The number of thioether (sulfide) groups is 1. The predicted molar refractivity (Wildman–Crippen MR) is 45.4 cm³/mol. The lowest BCUT2D eigenvalue weighted by Gasteiger charge is -1.87. The van der Waals surface area contributed by atoms with Gasteiger partial charge in [-0.25, -0.2) is 9.59 Å². The summed E-state index contributed by atoms with van der Waals surface area (Å²) in [5, 5.41) is 16.8. The van der Waals surface area contributed by atoms with E-state index in [0.717, 1.165) is 5.75 Å². The summed E-state index contributed by atoms with van der Waals surface area (Å²) in [6.45, 7) is 0. The number of aliphatic carboxylic acids is 2. The van der Waals surface area contributed by atoms with E-state index in [1.54, 1.807) is 18.0 Å². The first-order valence-electron chi connectivity index (χ1n) is 2.89. The van der Waals surface area contributed by atoms with E-state index in [1.807, 2.05) is 11.6 Å². The van der Waals surface area contributed by atoms with Crippen molar-refractivity contribution in [3.05, 3.63) is 11.6 Å². The lowest BCUT2D eigenvalue weighted by atomic mass is 10.7. The minimum atomic E-state index is -1.82. The van der Waals surface area contributed by atoms with Gasteiger partial charge in [0, 0.05) is 18.2 Å². The number of aliphatic imine (C=N–C) groups is 1. The van der Waals surface area contributed by atoms with Gasteiger partial charge in [0.2, 0.25) is 0 Å². The van der Waals surface area contributed by atoms with E-state index in [-0.39, 0.29) is 0 Å². The average molecular weight is 189 g/mol. The first-order chi connectivity index (χ1) is 5.64. The fourth-order valence-corrected chi connectivity index (χ4v) is 0.720. The number of carboxylic acids is 2. The van der Waals surface area contributed by atoms with Crippen LogP contribution in [0.5, 0.6) is 0 Å². The first kappa shape index (κ1) is 10.7. The van der Waals surface area contributed by atoms with Crippen LogP contribution in [0.15, 0.2) is 16.6 Å². The van der Waals surface area contributed by atoms with Gasteiger partial charge >= 0.3 is 11.9 Å². The molecule has 0 saturated carbocycles. The maximum absolute atomic E-state index is 9.10. The topological polar surface area (TPSA) is 87.0 Å². The zero-order chi connectivity index (χ0) is 9.40. The number of rotatable bonds is 0. The van der Waals surface area contributed by atoms with Crippen LogP contribution in [0.3, 0.4) is 0 Å². The Morgan fingerprint density at radius 3 is 2.00 bits per heavy atom. The Morgan fingerprint density at radius 1 is 1.33 bits per heavy atom. The summed E-state index contributed by atoms with van der Waals surface area (Å²) in [7, 11) is 0. The Morgan fingerprint density at radius 2 is 1.92 bits per heavy atom. The second kappa shape index (κ2) is 6.41. The third kappa shape index (κ3) is 6.81. The van der Waals surface area contributed by atoms with Gasteiger partial charge in [0.1, 0.15) is 0 Å². The van der Waals surface area contributed by atoms with Gasteiger partial charge in [-0.3, -0.25) is 4.99 Å². The minimum Gasteiger partial charge on any atom is -0.473 e. The summed E-state index contributed by atoms with van der Waals surface area (Å²) < 4.78 is 0. The Kier molecular flexibility index (Phi) is 5.72. The molecule has 0 fully saturated rings. The molecule has 0 aromatic carbocycles. The van der Waals surface area contributed by atoms with Gasteiger partial charge in [0.25, 0.3) is 0 Å². The Bertz CT molecular complexity index is 200. The number of carboxylic acid groups (broad SMARTS) is 2. The molecule has 2 N–H and O–H groups in total. The number of hydrogen-bond acceptors (Lipinski definition) is 4. The fraction of sp³-hybridized carbons (Fsp3) is 0.167. The molecule has 0 spiro atoms. The molecule has 0 radical (unpaired) electrons. The lowest BCUT2D eigenvalue weighted by Crippen LogP contribution is -2.09. The monoisotopic (exact) mass is 189 g/mol. The third-order valence-corrected chi connectivity index (χ3v) is 1.36. The highest BCUT2D eigenvalue weighted by Crippen LogP contribution is 2.02. The standard InChI is InChI=1S/C4H5NS.C2H2O4/c1-3-6-4-2-5-1;3-1(4)2(5)6/h1-3H,4H2;(H,3,4)(H,5,6). The largest absolute Gasteiger partial charge is 0.473 e. The fourth-order valence-electron chi connectivity index (χ4n) is 0.281. The van der Waals surface area contributed by atoms with E-state index in [1.165, 1.54) is 0 Å². The van der Waals surface area contributed by atoms with Crippen LogP contribution in [0.25, 0.3) is 0 Å². The summed E-state index contributed by atoms with van der Waals surface area (Å²) in [6, 6.07) is 0. The third-order valence-electron chi connectivity index (χ3n) is 0.702. The maximum atomic E-state index is 9.10. The highest BCUT2D eigenvalue weighted by Gasteiger charge is 2.04. The summed E-state index contributed by atoms with van der Waals surface area (Å²) in [4.78, 5) is 22.0. The van der Waals surface area contributed by atoms with Crippen LogP contribution >= 0.6 is 11.8 Å². The van der Waals surface area contributed by atoms with Crippen molar-refractivity contribution in [1.82, 2.24) is 0 Å². The number of hydrogen-bond donors (Lipinski definition) is 2. The zero-order valence-electron chi connectivity index (χ0n) is 6.01. The normalized spacial score (nSPS) is 13.0. The van der Waals surface area contributed by atoms with Gasteiger partial charge < -0.3 is 10.2 Å². The van der Waals surface area contributed by atoms with Crippen LogP contribution in [0.4, 0.5) is 0 Å². The molecule has 0 atom stereocenters. The molecule has 1 aliphatic heterocycles.